The number of rotatable bonds is 14. The summed E-state index contributed by atoms with van der Waals surface area (Å²) >= 11 is 1.26. The predicted octanol–water partition coefficient (Wildman–Crippen LogP) is 7.27. The third kappa shape index (κ3) is 13.0. The molecular formula is C55H71F4N9O8S. The van der Waals surface area contributed by atoms with Gasteiger partial charge >= 0.3 is 18.2 Å². The minimum Gasteiger partial charge on any atom is -0.465 e. The average molecular weight is 1090 g/mol. The Hall–Kier alpha value is -5.97. The lowest BCUT2D eigenvalue weighted by atomic mass is 9.84. The van der Waals surface area contributed by atoms with Crippen LogP contribution < -0.4 is 10.7 Å². The van der Waals surface area contributed by atoms with Gasteiger partial charge in [-0.3, -0.25) is 29.2 Å². The molecular weight excluding hydrogens is 1020 g/mol. The van der Waals surface area contributed by atoms with Crippen molar-refractivity contribution in [1.29, 1.82) is 0 Å². The van der Waals surface area contributed by atoms with Crippen LogP contribution in [0.1, 0.15) is 89.1 Å². The number of hydrazine groups is 1. The maximum Gasteiger partial charge on any atom is 0.406 e. The molecule has 3 aromatic heterocycles. The summed E-state index contributed by atoms with van der Waals surface area (Å²) in [6.45, 7) is 7.24. The zero-order valence-corrected chi connectivity index (χ0v) is 45.6. The Kier molecular flexibility index (Phi) is 17.8. The van der Waals surface area contributed by atoms with Crippen molar-refractivity contribution in [2.24, 2.45) is 23.2 Å². The number of amides is 5. The van der Waals surface area contributed by atoms with E-state index in [-0.39, 0.29) is 58.2 Å². The molecule has 6 bridgehead atoms. The number of ether oxygens (including phenoxy) is 2. The monoisotopic (exact) mass is 1090 g/mol. The molecule has 1 aliphatic carbocycles. The number of halogens is 4. The van der Waals surface area contributed by atoms with Gasteiger partial charge in [0, 0.05) is 97.9 Å². The van der Waals surface area contributed by atoms with Gasteiger partial charge < -0.3 is 39.2 Å². The van der Waals surface area contributed by atoms with Crippen molar-refractivity contribution in [3.05, 3.63) is 70.3 Å². The molecule has 1 saturated carbocycles. The molecule has 22 heteroatoms. The van der Waals surface area contributed by atoms with Crippen molar-refractivity contribution in [3.8, 4) is 22.5 Å². The molecule has 3 fully saturated rings. The van der Waals surface area contributed by atoms with Gasteiger partial charge in [-0.25, -0.2) is 19.6 Å². The Morgan fingerprint density at radius 1 is 1.10 bits per heavy atom. The Bertz CT molecular complexity index is 2830. The Balaban J connectivity index is 1.17. The van der Waals surface area contributed by atoms with E-state index >= 15 is 4.79 Å². The molecule has 8 rings (SSSR count). The Labute approximate surface area is 450 Å². The van der Waals surface area contributed by atoms with Crippen molar-refractivity contribution in [2.45, 2.75) is 123 Å². The molecule has 0 radical (unpaired) electrons. The maximum atomic E-state index is 15.1. The van der Waals surface area contributed by atoms with Gasteiger partial charge in [0.05, 0.1) is 53.4 Å². The molecule has 4 aromatic rings. The quantitative estimate of drug-likeness (QED) is 0.0654. The maximum absolute atomic E-state index is 15.1. The molecule has 5 amide bonds. The highest BCUT2D eigenvalue weighted by atomic mass is 32.1. The van der Waals surface area contributed by atoms with Crippen molar-refractivity contribution in [3.63, 3.8) is 0 Å². The fourth-order valence-electron chi connectivity index (χ4n) is 11.3. The molecule has 2 saturated heterocycles. The number of cyclic esters (lactones) is 1. The minimum atomic E-state index is -4.62. The second-order valence-corrected chi connectivity index (χ2v) is 22.9. The number of likely N-dealkylation sites (tertiary alicyclic amines) is 1. The molecule has 3 N–H and O–H groups in total. The van der Waals surface area contributed by atoms with Gasteiger partial charge in [-0.05, 0) is 93.2 Å². The lowest BCUT2D eigenvalue weighted by Gasteiger charge is -2.35. The van der Waals surface area contributed by atoms with E-state index in [1.807, 2.05) is 25.3 Å². The summed E-state index contributed by atoms with van der Waals surface area (Å²) in [4.78, 5) is 85.3. The molecule has 17 nitrogen and oxygen atoms in total. The number of hydrogen-bond donors (Lipinski definition) is 3. The number of nitrogens with zero attached hydrogens (tertiary/aromatic N) is 7. The SMILES string of the molecule is CO[C@@H](C)c1ncccc1-c1c2c3cc(ccc3n1CC(F)(F)F)-c1csc(n1)C[C@H](NC(=O)[C@H](C(C)C)N(C)C(=O)N1CC[C@H](N(CCO)C(=O)/C=C/CF)C1)C(=O)N1CCC[C@@H](C(=O)OCC(C)(C)C2)C(C2CC2)N1. The summed E-state index contributed by atoms with van der Waals surface area (Å²) in [5, 5.41) is 17.1. The third-order valence-electron chi connectivity index (χ3n) is 15.2. The highest BCUT2D eigenvalue weighted by Crippen LogP contribution is 2.44. The van der Waals surface area contributed by atoms with Crippen molar-refractivity contribution >= 4 is 52.0 Å². The van der Waals surface area contributed by atoms with E-state index < -0.39 is 96.6 Å². The number of thiazole rings is 1. The average Bonchev–Trinajstić information content (AvgIpc) is 3.93. The van der Waals surface area contributed by atoms with E-state index in [4.69, 9.17) is 14.5 Å². The minimum absolute atomic E-state index is 0.0133. The number of aliphatic hydroxyl groups excluding tert-OH is 1. The van der Waals surface area contributed by atoms with Gasteiger partial charge in [0.25, 0.3) is 5.91 Å². The zero-order valence-electron chi connectivity index (χ0n) is 44.8. The Morgan fingerprint density at radius 2 is 1.87 bits per heavy atom. The van der Waals surface area contributed by atoms with Crippen LogP contribution in [0.4, 0.5) is 22.4 Å². The zero-order chi connectivity index (χ0) is 55.5. The van der Waals surface area contributed by atoms with Gasteiger partial charge in [0.1, 0.15) is 25.3 Å². The number of likely N-dealkylation sites (N-methyl/N-ethyl adjacent to an activating group) is 1. The van der Waals surface area contributed by atoms with Crippen LogP contribution in [-0.2, 0) is 48.0 Å². The van der Waals surface area contributed by atoms with E-state index in [9.17, 15) is 41.8 Å². The first-order valence-electron chi connectivity index (χ1n) is 26.5. The lowest BCUT2D eigenvalue weighted by molar-refractivity contribution is -0.154. The normalized spacial score (nSPS) is 22.2. The van der Waals surface area contributed by atoms with Crippen LogP contribution in [0.25, 0.3) is 33.4 Å². The molecule has 77 heavy (non-hydrogen) atoms. The summed E-state index contributed by atoms with van der Waals surface area (Å²) in [5.74, 6) is -3.02. The van der Waals surface area contributed by atoms with Gasteiger partial charge in [0.2, 0.25) is 11.8 Å². The summed E-state index contributed by atoms with van der Waals surface area (Å²) in [6.07, 6.45) is 1.59. The second-order valence-electron chi connectivity index (χ2n) is 21.9. The van der Waals surface area contributed by atoms with E-state index in [0.29, 0.717) is 68.9 Å². The second kappa shape index (κ2) is 24.0. The standard InChI is InChI=1S/C55H71F4N9O8S/c1-32(2)48(64(6)53(74)65-22-18-36(28-65)66(23-24-69)45(70)13-8-19-56)50(71)62-41-26-44-61-42(29-77-44)35-16-17-43-39(25-35)40(49(67(43)30-55(57,58)59)37-11-9-20-60-46(37)33(3)75-7)27-54(4,5)31-76-52(73)38-12-10-21-68(51(41)72)63-47(38)34-14-15-34/h8-9,11,13,16-17,20,25,29,32-34,36,38,41,47-48,63,69H,10,12,14-15,18-19,21-24,26-28,30-31H2,1-7H3,(H,62,71)/b13-8+/t33-,36-,38+,41-,47?,48-/m0/s1. The topological polar surface area (TPSA) is 192 Å². The summed E-state index contributed by atoms with van der Waals surface area (Å²) < 4.78 is 70.5. The number of aromatic nitrogens is 3. The molecule has 6 atom stereocenters. The summed E-state index contributed by atoms with van der Waals surface area (Å²) in [7, 11) is 3.02. The number of alkyl halides is 4. The molecule has 6 heterocycles. The predicted molar refractivity (Wildman–Crippen MR) is 282 cm³/mol. The smallest absolute Gasteiger partial charge is 0.406 e. The third-order valence-corrected chi connectivity index (χ3v) is 16.1. The van der Waals surface area contributed by atoms with Gasteiger partial charge in [-0.2, -0.15) is 13.2 Å². The largest absolute Gasteiger partial charge is 0.465 e. The summed E-state index contributed by atoms with van der Waals surface area (Å²) in [5.41, 5.74) is 5.89. The molecule has 0 spiro atoms. The molecule has 4 aliphatic rings. The first kappa shape index (κ1) is 57.2. The van der Waals surface area contributed by atoms with Crippen molar-refractivity contribution in [1.82, 2.24) is 45.0 Å². The number of carbonyl (C=O) groups is 5. The van der Waals surface area contributed by atoms with Gasteiger partial charge in [-0.15, -0.1) is 11.3 Å². The van der Waals surface area contributed by atoms with E-state index in [0.717, 1.165) is 25.0 Å². The number of pyridine rings is 1. The number of nitrogens with one attached hydrogen (secondary N) is 2. The van der Waals surface area contributed by atoms with Crippen molar-refractivity contribution in [2.75, 3.05) is 60.2 Å². The fourth-order valence-corrected chi connectivity index (χ4v) is 12.1. The fraction of sp³-hybridized carbons (Fsp3) is 0.582. The number of allylic oxidation sites excluding steroid dienone is 1. The van der Waals surface area contributed by atoms with Crippen LogP contribution in [0.5, 0.6) is 0 Å². The van der Waals surface area contributed by atoms with E-state index in [1.54, 1.807) is 51.2 Å². The van der Waals surface area contributed by atoms with Crippen LogP contribution in [0.2, 0.25) is 0 Å². The highest BCUT2D eigenvalue weighted by Gasteiger charge is 2.46. The number of urea groups is 1. The first-order chi connectivity index (χ1) is 36.6. The first-order valence-corrected chi connectivity index (χ1v) is 27.4. The van der Waals surface area contributed by atoms with Crippen LogP contribution in [0.3, 0.4) is 0 Å². The van der Waals surface area contributed by atoms with Crippen LogP contribution in [0.15, 0.2) is 54.1 Å². The van der Waals surface area contributed by atoms with Gasteiger partial charge in [-0.1, -0.05) is 33.8 Å². The number of esters is 1. The number of benzene rings is 1. The number of fused-ring (bicyclic) bond motifs is 7. The lowest BCUT2D eigenvalue weighted by Crippen LogP contribution is -2.60. The van der Waals surface area contributed by atoms with E-state index in [1.165, 1.54) is 49.8 Å². The van der Waals surface area contributed by atoms with Crippen molar-refractivity contribution < 1.29 is 56.1 Å². The number of aliphatic hydroxyl groups is 1. The molecule has 1 aromatic carbocycles. The Morgan fingerprint density at radius 3 is 2.56 bits per heavy atom. The van der Waals surface area contributed by atoms with E-state index in [2.05, 4.69) is 15.7 Å². The van der Waals surface area contributed by atoms with Crippen LogP contribution in [0, 0.1) is 23.2 Å². The molecule has 1 unspecified atom stereocenters. The molecule has 418 valence electrons. The number of methoxy groups -OCH3 is 1. The van der Waals surface area contributed by atoms with Gasteiger partial charge in [0.15, 0.2) is 0 Å². The van der Waals surface area contributed by atoms with Crippen LogP contribution >= 0.6 is 11.3 Å². The van der Waals surface area contributed by atoms with Crippen LogP contribution in [-0.4, -0.2) is 160 Å². The highest BCUT2D eigenvalue weighted by molar-refractivity contribution is 7.10. The number of hydrogen-bond acceptors (Lipinski definition) is 12. The molecule has 3 aliphatic heterocycles. The summed E-state index contributed by atoms with van der Waals surface area (Å²) in [6, 6.07) is 4.92. The number of carbonyl (C=O) groups excluding carboxylic acids is 5.